The van der Waals surface area contributed by atoms with Crippen LogP contribution >= 0.6 is 0 Å². The summed E-state index contributed by atoms with van der Waals surface area (Å²) in [5.74, 6) is 0.478. The number of pyridine rings is 1. The minimum atomic E-state index is -0.209. The Kier molecular flexibility index (Phi) is 4.01. The molecule has 0 radical (unpaired) electrons. The van der Waals surface area contributed by atoms with Crippen LogP contribution < -0.4 is 10.1 Å². The molecular weight excluding hydrogens is 276 g/mol. The Bertz CT molecular complexity index is 810. The van der Waals surface area contributed by atoms with Crippen LogP contribution in [0.2, 0.25) is 0 Å². The summed E-state index contributed by atoms with van der Waals surface area (Å²) in [4.78, 5) is 16.4. The zero-order valence-corrected chi connectivity index (χ0v) is 12.2. The molecule has 1 amide bonds. The van der Waals surface area contributed by atoms with E-state index in [1.54, 1.807) is 6.20 Å². The Hall–Kier alpha value is -2.88. The smallest absolute Gasteiger partial charge is 0.262 e. The van der Waals surface area contributed by atoms with Crippen molar-refractivity contribution in [3.8, 4) is 5.75 Å². The van der Waals surface area contributed by atoms with Gasteiger partial charge >= 0.3 is 0 Å². The van der Waals surface area contributed by atoms with E-state index < -0.39 is 0 Å². The number of benzene rings is 2. The maximum atomic E-state index is 12.1. The summed E-state index contributed by atoms with van der Waals surface area (Å²) < 4.78 is 5.50. The first-order valence-corrected chi connectivity index (χ1v) is 7.05. The predicted octanol–water partition coefficient (Wildman–Crippen LogP) is 3.56. The Morgan fingerprint density at radius 1 is 1.14 bits per heavy atom. The van der Waals surface area contributed by atoms with Crippen molar-refractivity contribution in [3.05, 3.63) is 66.4 Å². The highest BCUT2D eigenvalue weighted by atomic mass is 16.5. The summed E-state index contributed by atoms with van der Waals surface area (Å²) in [7, 11) is 0. The van der Waals surface area contributed by atoms with Crippen molar-refractivity contribution in [2.24, 2.45) is 0 Å². The molecule has 1 heterocycles. The second-order valence-corrected chi connectivity index (χ2v) is 5.03. The number of amides is 1. The van der Waals surface area contributed by atoms with Gasteiger partial charge in [0.05, 0.1) is 11.2 Å². The number of para-hydroxylation sites is 1. The third-order valence-electron chi connectivity index (χ3n) is 3.27. The molecule has 0 saturated heterocycles. The molecule has 0 saturated carbocycles. The number of carbonyl (C=O) groups excluding carboxylic acids is 1. The van der Waals surface area contributed by atoms with Crippen molar-refractivity contribution in [1.29, 1.82) is 0 Å². The van der Waals surface area contributed by atoms with E-state index in [-0.39, 0.29) is 12.5 Å². The number of aromatic nitrogens is 1. The maximum absolute atomic E-state index is 12.1. The number of hydrogen-bond acceptors (Lipinski definition) is 3. The largest absolute Gasteiger partial charge is 0.484 e. The van der Waals surface area contributed by atoms with Gasteiger partial charge in [-0.3, -0.25) is 9.78 Å². The van der Waals surface area contributed by atoms with E-state index in [9.17, 15) is 4.79 Å². The summed E-state index contributed by atoms with van der Waals surface area (Å²) in [6, 6.07) is 17.1. The topological polar surface area (TPSA) is 51.2 Å². The highest BCUT2D eigenvalue weighted by Gasteiger charge is 2.07. The summed E-state index contributed by atoms with van der Waals surface area (Å²) in [6.07, 6.45) is 1.71. The van der Waals surface area contributed by atoms with Gasteiger partial charge in [-0.25, -0.2) is 0 Å². The molecular formula is C18H16N2O2. The first kappa shape index (κ1) is 14.1. The van der Waals surface area contributed by atoms with Crippen molar-refractivity contribution in [3.63, 3.8) is 0 Å². The molecule has 3 aromatic rings. The van der Waals surface area contributed by atoms with Crippen LogP contribution in [0.1, 0.15) is 5.56 Å². The molecule has 0 unspecified atom stereocenters. The van der Waals surface area contributed by atoms with Gasteiger partial charge in [-0.05, 0) is 36.8 Å². The Morgan fingerprint density at radius 3 is 2.82 bits per heavy atom. The lowest BCUT2D eigenvalue weighted by molar-refractivity contribution is -0.118. The normalized spacial score (nSPS) is 10.4. The SMILES string of the molecule is Cc1cccc(OCC(=O)Nc2cccc3cccnc23)c1. The van der Waals surface area contributed by atoms with Crippen LogP contribution in [0.25, 0.3) is 10.9 Å². The van der Waals surface area contributed by atoms with Crippen molar-refractivity contribution in [2.45, 2.75) is 6.92 Å². The standard InChI is InChI=1S/C18H16N2O2/c1-13-5-2-8-15(11-13)22-12-17(21)20-16-9-3-6-14-7-4-10-19-18(14)16/h2-11H,12H2,1H3,(H,20,21). The predicted molar refractivity (Wildman–Crippen MR) is 87.0 cm³/mol. The molecule has 0 aliphatic rings. The van der Waals surface area contributed by atoms with E-state index in [2.05, 4.69) is 10.3 Å². The number of anilines is 1. The summed E-state index contributed by atoms with van der Waals surface area (Å²) in [5.41, 5.74) is 2.56. The second-order valence-electron chi connectivity index (χ2n) is 5.03. The van der Waals surface area contributed by atoms with Gasteiger partial charge in [0.2, 0.25) is 0 Å². The Morgan fingerprint density at radius 2 is 1.95 bits per heavy atom. The first-order chi connectivity index (χ1) is 10.7. The van der Waals surface area contributed by atoms with E-state index in [1.807, 2.05) is 61.5 Å². The molecule has 0 spiro atoms. The van der Waals surface area contributed by atoms with Gasteiger partial charge in [0.25, 0.3) is 5.91 Å². The second kappa shape index (κ2) is 6.26. The van der Waals surface area contributed by atoms with Gasteiger partial charge in [-0.2, -0.15) is 0 Å². The van der Waals surface area contributed by atoms with Gasteiger partial charge in [-0.15, -0.1) is 0 Å². The van der Waals surface area contributed by atoms with Crippen LogP contribution in [-0.4, -0.2) is 17.5 Å². The molecule has 0 aliphatic carbocycles. The molecule has 4 heteroatoms. The molecule has 3 rings (SSSR count). The fraction of sp³-hybridized carbons (Fsp3) is 0.111. The van der Waals surface area contributed by atoms with Crippen LogP contribution in [0.5, 0.6) is 5.75 Å². The molecule has 0 aliphatic heterocycles. The van der Waals surface area contributed by atoms with E-state index >= 15 is 0 Å². The average Bonchev–Trinajstić information content (AvgIpc) is 2.53. The summed E-state index contributed by atoms with van der Waals surface area (Å²) in [5, 5.41) is 3.83. The van der Waals surface area contributed by atoms with Crippen LogP contribution in [-0.2, 0) is 4.79 Å². The minimum absolute atomic E-state index is 0.0350. The van der Waals surface area contributed by atoms with Crippen LogP contribution in [0.4, 0.5) is 5.69 Å². The molecule has 1 aromatic heterocycles. The van der Waals surface area contributed by atoms with Gasteiger partial charge < -0.3 is 10.1 Å². The van der Waals surface area contributed by atoms with E-state index in [4.69, 9.17) is 4.74 Å². The molecule has 2 aromatic carbocycles. The van der Waals surface area contributed by atoms with Crippen molar-refractivity contribution >= 4 is 22.5 Å². The zero-order chi connectivity index (χ0) is 15.4. The molecule has 110 valence electrons. The Labute approximate surface area is 128 Å². The third-order valence-corrected chi connectivity index (χ3v) is 3.27. The Balaban J connectivity index is 1.68. The summed E-state index contributed by atoms with van der Waals surface area (Å²) >= 11 is 0. The number of carbonyl (C=O) groups is 1. The maximum Gasteiger partial charge on any atom is 0.262 e. The number of nitrogens with zero attached hydrogens (tertiary/aromatic N) is 1. The fourth-order valence-electron chi connectivity index (χ4n) is 2.25. The van der Waals surface area contributed by atoms with Crippen LogP contribution in [0.15, 0.2) is 60.8 Å². The number of rotatable bonds is 4. The highest BCUT2D eigenvalue weighted by molar-refractivity contribution is 6.00. The molecule has 0 bridgehead atoms. The molecule has 0 fully saturated rings. The van der Waals surface area contributed by atoms with Crippen molar-refractivity contribution < 1.29 is 9.53 Å². The molecule has 22 heavy (non-hydrogen) atoms. The number of fused-ring (bicyclic) bond motifs is 1. The van der Waals surface area contributed by atoms with Crippen molar-refractivity contribution in [1.82, 2.24) is 4.98 Å². The molecule has 4 nitrogen and oxygen atoms in total. The first-order valence-electron chi connectivity index (χ1n) is 7.05. The monoisotopic (exact) mass is 292 g/mol. The number of ether oxygens (including phenoxy) is 1. The van der Waals surface area contributed by atoms with Gasteiger partial charge in [-0.1, -0.05) is 30.3 Å². The van der Waals surface area contributed by atoms with E-state index in [1.165, 1.54) is 0 Å². The van der Waals surface area contributed by atoms with Crippen LogP contribution in [0.3, 0.4) is 0 Å². The third kappa shape index (κ3) is 3.23. The summed E-state index contributed by atoms with van der Waals surface area (Å²) in [6.45, 7) is 1.95. The van der Waals surface area contributed by atoms with Crippen LogP contribution in [0, 0.1) is 6.92 Å². The number of aryl methyl sites for hydroxylation is 1. The quantitative estimate of drug-likeness (QED) is 0.800. The van der Waals surface area contributed by atoms with E-state index in [0.29, 0.717) is 11.4 Å². The van der Waals surface area contributed by atoms with Gasteiger partial charge in [0.1, 0.15) is 5.75 Å². The van der Waals surface area contributed by atoms with E-state index in [0.717, 1.165) is 16.5 Å². The highest BCUT2D eigenvalue weighted by Crippen LogP contribution is 2.20. The average molecular weight is 292 g/mol. The van der Waals surface area contributed by atoms with Gasteiger partial charge in [0.15, 0.2) is 6.61 Å². The number of nitrogens with one attached hydrogen (secondary N) is 1. The lowest BCUT2D eigenvalue weighted by Gasteiger charge is -2.09. The lowest BCUT2D eigenvalue weighted by Crippen LogP contribution is -2.20. The molecule has 0 atom stereocenters. The number of hydrogen-bond donors (Lipinski definition) is 1. The van der Waals surface area contributed by atoms with Crippen molar-refractivity contribution in [2.75, 3.05) is 11.9 Å². The zero-order valence-electron chi connectivity index (χ0n) is 12.2. The van der Waals surface area contributed by atoms with Gasteiger partial charge in [0, 0.05) is 11.6 Å². The lowest BCUT2D eigenvalue weighted by atomic mass is 10.2. The fourth-order valence-corrected chi connectivity index (χ4v) is 2.25. The molecule has 1 N–H and O–H groups in total. The minimum Gasteiger partial charge on any atom is -0.484 e.